The number of fused-ring (bicyclic) bond motifs is 1. The summed E-state index contributed by atoms with van der Waals surface area (Å²) >= 11 is 0. The predicted molar refractivity (Wildman–Crippen MR) is 79.9 cm³/mol. The summed E-state index contributed by atoms with van der Waals surface area (Å²) in [4.78, 5) is 19.4. The number of rotatable bonds is 3. The number of amides is 1. The lowest BCUT2D eigenvalue weighted by Crippen LogP contribution is -2.13. The Labute approximate surface area is 116 Å². The summed E-state index contributed by atoms with van der Waals surface area (Å²) in [5.74, 6) is 0.0937. The number of H-pyrrole nitrogens is 1. The molecule has 4 nitrogen and oxygen atoms in total. The number of aromatic nitrogens is 2. The molecule has 1 aromatic heterocycles. The number of hydrogen-bond donors (Lipinski definition) is 2. The lowest BCUT2D eigenvalue weighted by molar-refractivity contribution is 0.101. The zero-order chi connectivity index (χ0) is 13.9. The van der Waals surface area contributed by atoms with Gasteiger partial charge < -0.3 is 10.3 Å². The molecule has 0 saturated heterocycles. The van der Waals surface area contributed by atoms with Gasteiger partial charge in [-0.15, -0.1) is 0 Å². The average Bonchev–Trinajstić information content (AvgIpc) is 2.92. The van der Waals surface area contributed by atoms with Crippen LogP contribution in [0.3, 0.4) is 0 Å². The SMILES string of the molecule is CCc1ccc(NC(=O)c2nc3ccccc3[nH]2)cc1. The van der Waals surface area contributed by atoms with Crippen molar-refractivity contribution in [1.29, 1.82) is 0 Å². The van der Waals surface area contributed by atoms with Gasteiger partial charge in [0.2, 0.25) is 0 Å². The van der Waals surface area contributed by atoms with Crippen molar-refractivity contribution in [3.8, 4) is 0 Å². The molecule has 3 aromatic rings. The van der Waals surface area contributed by atoms with E-state index in [0.717, 1.165) is 23.1 Å². The first-order chi connectivity index (χ1) is 9.76. The molecule has 0 aliphatic heterocycles. The van der Waals surface area contributed by atoms with Gasteiger partial charge in [-0.2, -0.15) is 0 Å². The number of nitrogens with one attached hydrogen (secondary N) is 2. The molecule has 1 amide bonds. The number of benzene rings is 2. The van der Waals surface area contributed by atoms with Crippen LogP contribution in [0.25, 0.3) is 11.0 Å². The van der Waals surface area contributed by atoms with Gasteiger partial charge in [0.15, 0.2) is 5.82 Å². The van der Waals surface area contributed by atoms with E-state index in [-0.39, 0.29) is 5.91 Å². The van der Waals surface area contributed by atoms with E-state index < -0.39 is 0 Å². The van der Waals surface area contributed by atoms with Gasteiger partial charge in [0.25, 0.3) is 5.91 Å². The van der Waals surface area contributed by atoms with E-state index in [9.17, 15) is 4.79 Å². The number of aryl methyl sites for hydroxylation is 1. The van der Waals surface area contributed by atoms with Crippen molar-refractivity contribution in [2.75, 3.05) is 5.32 Å². The Bertz CT molecular complexity index is 711. The Morgan fingerprint density at radius 1 is 1.15 bits per heavy atom. The van der Waals surface area contributed by atoms with Crippen LogP contribution >= 0.6 is 0 Å². The first kappa shape index (κ1) is 12.4. The smallest absolute Gasteiger partial charge is 0.291 e. The van der Waals surface area contributed by atoms with Crippen LogP contribution in [0.5, 0.6) is 0 Å². The summed E-state index contributed by atoms with van der Waals surface area (Å²) in [7, 11) is 0. The minimum Gasteiger partial charge on any atom is -0.334 e. The fourth-order valence-corrected chi connectivity index (χ4v) is 2.07. The summed E-state index contributed by atoms with van der Waals surface area (Å²) in [6.45, 7) is 2.10. The topological polar surface area (TPSA) is 57.8 Å². The second-order valence-corrected chi connectivity index (χ2v) is 4.61. The molecule has 0 spiro atoms. The molecule has 2 aromatic carbocycles. The second kappa shape index (κ2) is 5.17. The van der Waals surface area contributed by atoms with Crippen molar-refractivity contribution in [2.45, 2.75) is 13.3 Å². The van der Waals surface area contributed by atoms with Gasteiger partial charge in [-0.25, -0.2) is 4.98 Å². The lowest BCUT2D eigenvalue weighted by Gasteiger charge is -2.03. The first-order valence-corrected chi connectivity index (χ1v) is 6.61. The highest BCUT2D eigenvalue weighted by Gasteiger charge is 2.11. The van der Waals surface area contributed by atoms with Gasteiger partial charge in [-0.3, -0.25) is 4.79 Å². The summed E-state index contributed by atoms with van der Waals surface area (Å²) in [5, 5.41) is 2.84. The van der Waals surface area contributed by atoms with Crippen LogP contribution in [0.1, 0.15) is 23.1 Å². The predicted octanol–water partition coefficient (Wildman–Crippen LogP) is 3.38. The number of para-hydroxylation sites is 2. The molecular formula is C16H15N3O. The molecule has 0 radical (unpaired) electrons. The highest BCUT2D eigenvalue weighted by molar-refractivity contribution is 6.03. The van der Waals surface area contributed by atoms with E-state index in [4.69, 9.17) is 0 Å². The Kier molecular flexibility index (Phi) is 3.21. The largest absolute Gasteiger partial charge is 0.334 e. The minimum atomic E-state index is -0.231. The lowest BCUT2D eigenvalue weighted by atomic mass is 10.1. The highest BCUT2D eigenvalue weighted by atomic mass is 16.2. The zero-order valence-corrected chi connectivity index (χ0v) is 11.2. The Balaban J connectivity index is 1.81. The van der Waals surface area contributed by atoms with Crippen molar-refractivity contribution in [1.82, 2.24) is 9.97 Å². The standard InChI is InChI=1S/C16H15N3O/c1-2-11-7-9-12(10-8-11)17-16(20)15-18-13-5-3-4-6-14(13)19-15/h3-10H,2H2,1H3,(H,17,20)(H,18,19). The third-order valence-electron chi connectivity index (χ3n) is 3.22. The summed E-state index contributed by atoms with van der Waals surface area (Å²) in [5.41, 5.74) is 3.66. The molecule has 0 atom stereocenters. The molecular weight excluding hydrogens is 250 g/mol. The fourth-order valence-electron chi connectivity index (χ4n) is 2.07. The van der Waals surface area contributed by atoms with Gasteiger partial charge in [0.1, 0.15) is 0 Å². The summed E-state index contributed by atoms with van der Waals surface area (Å²) < 4.78 is 0. The number of imidazole rings is 1. The van der Waals surface area contributed by atoms with Crippen LogP contribution in [-0.4, -0.2) is 15.9 Å². The Morgan fingerprint density at radius 2 is 1.90 bits per heavy atom. The molecule has 1 heterocycles. The van der Waals surface area contributed by atoms with Crippen molar-refractivity contribution in [3.05, 3.63) is 59.9 Å². The van der Waals surface area contributed by atoms with Crippen LogP contribution in [0.15, 0.2) is 48.5 Å². The van der Waals surface area contributed by atoms with Crippen LogP contribution in [0.2, 0.25) is 0 Å². The van der Waals surface area contributed by atoms with E-state index in [1.54, 1.807) is 0 Å². The number of aromatic amines is 1. The van der Waals surface area contributed by atoms with E-state index in [1.165, 1.54) is 5.56 Å². The van der Waals surface area contributed by atoms with Crippen LogP contribution in [-0.2, 0) is 6.42 Å². The second-order valence-electron chi connectivity index (χ2n) is 4.61. The molecule has 2 N–H and O–H groups in total. The average molecular weight is 265 g/mol. The van der Waals surface area contributed by atoms with Gasteiger partial charge in [-0.1, -0.05) is 31.2 Å². The Morgan fingerprint density at radius 3 is 2.60 bits per heavy atom. The maximum absolute atomic E-state index is 12.1. The van der Waals surface area contributed by atoms with Crippen LogP contribution in [0, 0.1) is 0 Å². The van der Waals surface area contributed by atoms with E-state index >= 15 is 0 Å². The fraction of sp³-hybridized carbons (Fsp3) is 0.125. The number of nitrogens with zero attached hydrogens (tertiary/aromatic N) is 1. The maximum atomic E-state index is 12.1. The van der Waals surface area contributed by atoms with Gasteiger partial charge in [0, 0.05) is 5.69 Å². The third kappa shape index (κ3) is 2.40. The van der Waals surface area contributed by atoms with Crippen LogP contribution < -0.4 is 5.32 Å². The molecule has 0 fully saturated rings. The monoisotopic (exact) mass is 265 g/mol. The molecule has 0 bridgehead atoms. The zero-order valence-electron chi connectivity index (χ0n) is 11.2. The van der Waals surface area contributed by atoms with E-state index in [2.05, 4.69) is 22.2 Å². The van der Waals surface area contributed by atoms with Crippen molar-refractivity contribution in [3.63, 3.8) is 0 Å². The molecule has 20 heavy (non-hydrogen) atoms. The number of carbonyl (C=O) groups is 1. The van der Waals surface area contributed by atoms with Crippen molar-refractivity contribution in [2.24, 2.45) is 0 Å². The van der Waals surface area contributed by atoms with E-state index in [0.29, 0.717) is 5.82 Å². The van der Waals surface area contributed by atoms with Crippen molar-refractivity contribution < 1.29 is 4.79 Å². The quantitative estimate of drug-likeness (QED) is 0.762. The first-order valence-electron chi connectivity index (χ1n) is 6.61. The molecule has 0 aliphatic carbocycles. The van der Waals surface area contributed by atoms with Crippen LogP contribution in [0.4, 0.5) is 5.69 Å². The third-order valence-corrected chi connectivity index (χ3v) is 3.22. The van der Waals surface area contributed by atoms with E-state index in [1.807, 2.05) is 48.5 Å². The highest BCUT2D eigenvalue weighted by Crippen LogP contribution is 2.13. The normalized spacial score (nSPS) is 10.7. The summed E-state index contributed by atoms with van der Waals surface area (Å²) in [6.07, 6.45) is 0.984. The number of carbonyl (C=O) groups excluding carboxylic acids is 1. The molecule has 100 valence electrons. The van der Waals surface area contributed by atoms with Gasteiger partial charge >= 0.3 is 0 Å². The number of hydrogen-bond acceptors (Lipinski definition) is 2. The molecule has 3 rings (SSSR count). The maximum Gasteiger partial charge on any atom is 0.291 e. The minimum absolute atomic E-state index is 0.231. The van der Waals surface area contributed by atoms with Crippen molar-refractivity contribution >= 4 is 22.6 Å². The number of anilines is 1. The molecule has 4 heteroatoms. The Hall–Kier alpha value is -2.62. The molecule has 0 aliphatic rings. The molecule has 0 unspecified atom stereocenters. The van der Waals surface area contributed by atoms with Gasteiger partial charge in [0.05, 0.1) is 11.0 Å². The summed E-state index contributed by atoms with van der Waals surface area (Å²) in [6, 6.07) is 15.4. The van der Waals surface area contributed by atoms with Gasteiger partial charge in [-0.05, 0) is 36.2 Å². The molecule has 0 saturated carbocycles.